The molecule has 7 heteroatoms. The molecule has 0 saturated heterocycles. The van der Waals surface area contributed by atoms with Crippen LogP contribution in [-0.2, 0) is 0 Å². The number of pyridine rings is 1. The number of aromatic nitrogens is 1. The summed E-state index contributed by atoms with van der Waals surface area (Å²) in [5.41, 5.74) is 0.792. The average molecular weight is 351 g/mol. The number of carbonyl (C=O) groups is 2. The first-order chi connectivity index (χ1) is 10.0. The molecule has 0 atom stereocenters. The lowest BCUT2D eigenvalue weighted by Gasteiger charge is -2.08. The summed E-state index contributed by atoms with van der Waals surface area (Å²) >= 11 is 3.26. The Bertz CT molecular complexity index is 686. The van der Waals surface area contributed by atoms with Crippen molar-refractivity contribution in [3.63, 3.8) is 0 Å². The zero-order chi connectivity index (χ0) is 15.4. The van der Waals surface area contributed by atoms with E-state index >= 15 is 0 Å². The standard InChI is InChI=1S/C14H11BrN2O4/c1-21-12-5-3-9(7-16-12)13(18)17-11-6-8(14(19)20)2-4-10(11)15/h2-7H,1H3,(H,17,18)(H,19,20). The van der Waals surface area contributed by atoms with Gasteiger partial charge in [0.25, 0.3) is 5.91 Å². The van der Waals surface area contributed by atoms with E-state index in [1.54, 1.807) is 18.2 Å². The predicted octanol–water partition coefficient (Wildman–Crippen LogP) is 2.80. The van der Waals surface area contributed by atoms with Crippen molar-refractivity contribution < 1.29 is 19.4 Å². The summed E-state index contributed by atoms with van der Waals surface area (Å²) in [7, 11) is 1.48. The van der Waals surface area contributed by atoms with Gasteiger partial charge in [0, 0.05) is 16.7 Å². The number of amides is 1. The van der Waals surface area contributed by atoms with Crippen LogP contribution in [0.1, 0.15) is 20.7 Å². The predicted molar refractivity (Wildman–Crippen MR) is 79.8 cm³/mol. The molecule has 0 spiro atoms. The topological polar surface area (TPSA) is 88.5 Å². The molecule has 2 rings (SSSR count). The number of nitrogens with one attached hydrogen (secondary N) is 1. The van der Waals surface area contributed by atoms with Crippen LogP contribution >= 0.6 is 15.9 Å². The summed E-state index contributed by atoms with van der Waals surface area (Å²) in [6.45, 7) is 0. The SMILES string of the molecule is COc1ccc(C(=O)Nc2cc(C(=O)O)ccc2Br)cn1. The van der Waals surface area contributed by atoms with Gasteiger partial charge in [0.15, 0.2) is 0 Å². The van der Waals surface area contributed by atoms with Crippen molar-refractivity contribution in [2.75, 3.05) is 12.4 Å². The van der Waals surface area contributed by atoms with E-state index in [0.29, 0.717) is 21.6 Å². The fourth-order valence-electron chi connectivity index (χ4n) is 1.58. The Labute approximate surface area is 128 Å². The van der Waals surface area contributed by atoms with Crippen molar-refractivity contribution in [3.05, 3.63) is 52.1 Å². The molecule has 0 bridgehead atoms. The van der Waals surface area contributed by atoms with Crippen LogP contribution in [0, 0.1) is 0 Å². The smallest absolute Gasteiger partial charge is 0.335 e. The van der Waals surface area contributed by atoms with E-state index in [1.807, 2.05) is 0 Å². The van der Waals surface area contributed by atoms with Crippen LogP contribution in [0.5, 0.6) is 5.88 Å². The number of hydrogen-bond donors (Lipinski definition) is 2. The summed E-state index contributed by atoms with van der Waals surface area (Å²) in [5, 5.41) is 11.6. The van der Waals surface area contributed by atoms with Crippen LogP contribution in [0.25, 0.3) is 0 Å². The zero-order valence-electron chi connectivity index (χ0n) is 11.0. The molecule has 21 heavy (non-hydrogen) atoms. The maximum absolute atomic E-state index is 12.1. The third kappa shape index (κ3) is 3.57. The van der Waals surface area contributed by atoms with Gasteiger partial charge in [-0.25, -0.2) is 9.78 Å². The summed E-state index contributed by atoms with van der Waals surface area (Å²) < 4.78 is 5.50. The Hall–Kier alpha value is -2.41. The third-order valence-electron chi connectivity index (χ3n) is 2.67. The van der Waals surface area contributed by atoms with Gasteiger partial charge in [-0.3, -0.25) is 4.79 Å². The van der Waals surface area contributed by atoms with E-state index in [-0.39, 0.29) is 5.56 Å². The van der Waals surface area contributed by atoms with E-state index in [1.165, 1.54) is 25.4 Å². The highest BCUT2D eigenvalue weighted by molar-refractivity contribution is 9.10. The van der Waals surface area contributed by atoms with E-state index in [0.717, 1.165) is 0 Å². The van der Waals surface area contributed by atoms with Crippen molar-refractivity contribution in [2.24, 2.45) is 0 Å². The van der Waals surface area contributed by atoms with E-state index in [9.17, 15) is 9.59 Å². The molecule has 1 heterocycles. The number of benzene rings is 1. The van der Waals surface area contributed by atoms with Crippen LogP contribution in [0.15, 0.2) is 41.0 Å². The largest absolute Gasteiger partial charge is 0.481 e. The number of carbonyl (C=O) groups excluding carboxylic acids is 1. The lowest BCUT2D eigenvalue weighted by atomic mass is 10.2. The summed E-state index contributed by atoms with van der Waals surface area (Å²) in [5.74, 6) is -1.06. The fraction of sp³-hybridized carbons (Fsp3) is 0.0714. The van der Waals surface area contributed by atoms with Crippen molar-refractivity contribution in [2.45, 2.75) is 0 Å². The molecule has 2 aromatic rings. The number of hydrogen-bond acceptors (Lipinski definition) is 4. The minimum absolute atomic E-state index is 0.0846. The maximum atomic E-state index is 12.1. The quantitative estimate of drug-likeness (QED) is 0.884. The summed E-state index contributed by atoms with van der Waals surface area (Å²) in [6, 6.07) is 7.51. The Morgan fingerprint density at radius 1 is 1.24 bits per heavy atom. The molecule has 0 radical (unpaired) electrons. The Morgan fingerprint density at radius 2 is 1.95 bits per heavy atom. The van der Waals surface area contributed by atoms with Crippen molar-refractivity contribution in [3.8, 4) is 5.88 Å². The minimum Gasteiger partial charge on any atom is -0.481 e. The molecule has 6 nitrogen and oxygen atoms in total. The minimum atomic E-state index is -1.07. The first kappa shape index (κ1) is 15.0. The normalized spacial score (nSPS) is 10.0. The highest BCUT2D eigenvalue weighted by Crippen LogP contribution is 2.24. The second-order valence-corrected chi connectivity index (χ2v) is 4.90. The second kappa shape index (κ2) is 6.36. The van der Waals surface area contributed by atoms with Crippen molar-refractivity contribution in [1.29, 1.82) is 0 Å². The van der Waals surface area contributed by atoms with Crippen LogP contribution in [0.4, 0.5) is 5.69 Å². The molecular weight excluding hydrogens is 340 g/mol. The monoisotopic (exact) mass is 350 g/mol. The second-order valence-electron chi connectivity index (χ2n) is 4.04. The molecule has 2 N–H and O–H groups in total. The van der Waals surface area contributed by atoms with Gasteiger partial charge in [0.05, 0.1) is 23.9 Å². The molecule has 1 aromatic heterocycles. The van der Waals surface area contributed by atoms with Gasteiger partial charge < -0.3 is 15.2 Å². The molecule has 0 aliphatic rings. The van der Waals surface area contributed by atoms with Crippen LogP contribution in [-0.4, -0.2) is 29.1 Å². The maximum Gasteiger partial charge on any atom is 0.335 e. The number of rotatable bonds is 4. The van der Waals surface area contributed by atoms with Gasteiger partial charge in [-0.1, -0.05) is 0 Å². The van der Waals surface area contributed by atoms with Crippen LogP contribution < -0.4 is 10.1 Å². The van der Waals surface area contributed by atoms with E-state index in [4.69, 9.17) is 9.84 Å². The van der Waals surface area contributed by atoms with Gasteiger partial charge in [-0.05, 0) is 40.2 Å². The first-order valence-corrected chi connectivity index (χ1v) is 6.65. The number of nitrogens with zero attached hydrogens (tertiary/aromatic N) is 1. The van der Waals surface area contributed by atoms with Gasteiger partial charge >= 0.3 is 5.97 Å². The van der Waals surface area contributed by atoms with Crippen LogP contribution in [0.2, 0.25) is 0 Å². The molecule has 1 aromatic carbocycles. The highest BCUT2D eigenvalue weighted by atomic mass is 79.9. The Balaban J connectivity index is 2.22. The molecule has 0 aliphatic carbocycles. The molecule has 0 unspecified atom stereocenters. The third-order valence-corrected chi connectivity index (χ3v) is 3.36. The highest BCUT2D eigenvalue weighted by Gasteiger charge is 2.11. The molecular formula is C14H11BrN2O4. The first-order valence-electron chi connectivity index (χ1n) is 5.85. The number of ether oxygens (including phenoxy) is 1. The van der Waals surface area contributed by atoms with E-state index in [2.05, 4.69) is 26.2 Å². The van der Waals surface area contributed by atoms with Gasteiger partial charge in [-0.2, -0.15) is 0 Å². The van der Waals surface area contributed by atoms with Crippen molar-refractivity contribution >= 4 is 33.5 Å². The molecule has 0 aliphatic heterocycles. The lowest BCUT2D eigenvalue weighted by Crippen LogP contribution is -2.13. The number of halogens is 1. The molecule has 108 valence electrons. The fourth-order valence-corrected chi connectivity index (χ4v) is 1.93. The van der Waals surface area contributed by atoms with E-state index < -0.39 is 11.9 Å². The number of aromatic carboxylic acids is 1. The molecule has 1 amide bonds. The zero-order valence-corrected chi connectivity index (χ0v) is 12.5. The van der Waals surface area contributed by atoms with Gasteiger partial charge in [0.2, 0.25) is 5.88 Å². The molecule has 0 saturated carbocycles. The van der Waals surface area contributed by atoms with Crippen LogP contribution in [0.3, 0.4) is 0 Å². The Morgan fingerprint density at radius 3 is 2.52 bits per heavy atom. The Kier molecular flexibility index (Phi) is 4.54. The number of carboxylic acid groups (broad SMARTS) is 1. The summed E-state index contributed by atoms with van der Waals surface area (Å²) in [6.07, 6.45) is 1.38. The molecule has 0 fully saturated rings. The number of methoxy groups -OCH3 is 1. The number of anilines is 1. The van der Waals surface area contributed by atoms with Gasteiger partial charge in [-0.15, -0.1) is 0 Å². The van der Waals surface area contributed by atoms with Gasteiger partial charge in [0.1, 0.15) is 0 Å². The lowest BCUT2D eigenvalue weighted by molar-refractivity contribution is 0.0696. The van der Waals surface area contributed by atoms with Crippen molar-refractivity contribution in [1.82, 2.24) is 4.98 Å². The number of carboxylic acids is 1. The average Bonchev–Trinajstić information content (AvgIpc) is 2.49. The summed E-state index contributed by atoms with van der Waals surface area (Å²) in [4.78, 5) is 27.0.